The number of aromatic nitrogens is 5. The highest BCUT2D eigenvalue weighted by Gasteiger charge is 2.28. The number of methoxy groups -OCH3 is 1. The fourth-order valence-electron chi connectivity index (χ4n) is 4.11. The highest BCUT2D eigenvalue weighted by atomic mass is 32.2. The third kappa shape index (κ3) is 4.04. The van der Waals surface area contributed by atoms with Crippen LogP contribution < -0.4 is 4.74 Å². The Bertz CT molecular complexity index is 1860. The second kappa shape index (κ2) is 9.31. The largest absolute Gasteiger partial charge is 0.480 e. The summed E-state index contributed by atoms with van der Waals surface area (Å²) in [5, 5.41) is 16.2. The maximum Gasteiger partial charge on any atom is 0.232 e. The second-order valence-electron chi connectivity index (χ2n) is 8.25. The summed E-state index contributed by atoms with van der Waals surface area (Å²) in [6.45, 7) is 1.51. The predicted molar refractivity (Wildman–Crippen MR) is 130 cm³/mol. The third-order valence-electron chi connectivity index (χ3n) is 5.98. The Balaban J connectivity index is 1.60. The molecule has 13 heteroatoms. The minimum atomic E-state index is -4.33. The molecular weight excluding hydrogens is 521 g/mol. The molecule has 5 aromatic rings. The number of rotatable bonds is 6. The first-order valence-corrected chi connectivity index (χ1v) is 12.6. The van der Waals surface area contributed by atoms with E-state index in [4.69, 9.17) is 4.74 Å². The number of imidazole rings is 1. The van der Waals surface area contributed by atoms with E-state index in [0.717, 1.165) is 18.2 Å². The molecular formula is C25H17F3N6O3S. The normalized spacial score (nSPS) is 11.6. The number of halogens is 3. The molecule has 0 saturated carbocycles. The Morgan fingerprint density at radius 1 is 1.13 bits per heavy atom. The van der Waals surface area contributed by atoms with Crippen molar-refractivity contribution in [1.29, 1.82) is 5.26 Å². The van der Waals surface area contributed by atoms with E-state index in [2.05, 4.69) is 25.1 Å². The molecule has 0 fully saturated rings. The Morgan fingerprint density at radius 2 is 1.92 bits per heavy atom. The zero-order chi connectivity index (χ0) is 27.2. The number of aromatic amines is 2. The van der Waals surface area contributed by atoms with Gasteiger partial charge >= 0.3 is 0 Å². The number of aryl methyl sites for hydroxylation is 1. The number of sulfone groups is 1. The topological polar surface area (TPSA) is 137 Å². The average Bonchev–Trinajstić information content (AvgIpc) is 3.57. The smallest absolute Gasteiger partial charge is 0.232 e. The van der Waals surface area contributed by atoms with Gasteiger partial charge in [0.2, 0.25) is 5.88 Å². The van der Waals surface area contributed by atoms with E-state index in [0.29, 0.717) is 16.9 Å². The zero-order valence-corrected chi connectivity index (χ0v) is 20.6. The Hall–Kier alpha value is -4.70. The van der Waals surface area contributed by atoms with Crippen molar-refractivity contribution in [3.05, 3.63) is 77.0 Å². The summed E-state index contributed by atoms with van der Waals surface area (Å²) in [6.07, 6.45) is 3.07. The van der Waals surface area contributed by atoms with Crippen LogP contribution in [0.5, 0.6) is 5.88 Å². The van der Waals surface area contributed by atoms with E-state index in [9.17, 15) is 18.1 Å². The first-order chi connectivity index (χ1) is 18.2. The van der Waals surface area contributed by atoms with E-state index >= 15 is 8.78 Å². The molecule has 0 aliphatic rings. The van der Waals surface area contributed by atoms with Gasteiger partial charge in [-0.05, 0) is 25.1 Å². The van der Waals surface area contributed by atoms with Crippen molar-refractivity contribution in [1.82, 2.24) is 25.1 Å². The Morgan fingerprint density at radius 3 is 2.61 bits per heavy atom. The fourth-order valence-corrected chi connectivity index (χ4v) is 5.59. The lowest BCUT2D eigenvalue weighted by Gasteiger charge is -2.13. The lowest BCUT2D eigenvalue weighted by atomic mass is 9.99. The van der Waals surface area contributed by atoms with Gasteiger partial charge in [-0.15, -0.1) is 0 Å². The van der Waals surface area contributed by atoms with Gasteiger partial charge in [-0.25, -0.2) is 31.6 Å². The molecule has 0 aliphatic carbocycles. The number of nitrogens with one attached hydrogen (secondary N) is 2. The molecule has 0 amide bonds. The number of nitriles is 1. The highest BCUT2D eigenvalue weighted by Crippen LogP contribution is 2.36. The van der Waals surface area contributed by atoms with Crippen molar-refractivity contribution >= 4 is 20.7 Å². The van der Waals surface area contributed by atoms with Crippen LogP contribution in [0.4, 0.5) is 13.2 Å². The van der Waals surface area contributed by atoms with E-state index < -0.39 is 54.6 Å². The quantitative estimate of drug-likeness (QED) is 0.322. The van der Waals surface area contributed by atoms with Crippen LogP contribution in [0.1, 0.15) is 16.8 Å². The first kappa shape index (κ1) is 25.0. The highest BCUT2D eigenvalue weighted by molar-refractivity contribution is 7.90. The zero-order valence-electron chi connectivity index (χ0n) is 19.8. The number of nitrogens with zero attached hydrogens (tertiary/aromatic N) is 4. The summed E-state index contributed by atoms with van der Waals surface area (Å²) in [4.78, 5) is 10.5. The lowest BCUT2D eigenvalue weighted by molar-refractivity contribution is 0.384. The number of benzene rings is 2. The molecule has 192 valence electrons. The predicted octanol–water partition coefficient (Wildman–Crippen LogP) is 4.59. The van der Waals surface area contributed by atoms with Gasteiger partial charge in [0.25, 0.3) is 0 Å². The minimum absolute atomic E-state index is 0.00654. The first-order valence-electron chi connectivity index (χ1n) is 11.0. The minimum Gasteiger partial charge on any atom is -0.480 e. The van der Waals surface area contributed by atoms with E-state index in [1.54, 1.807) is 6.20 Å². The van der Waals surface area contributed by atoms with E-state index in [-0.39, 0.29) is 22.7 Å². The van der Waals surface area contributed by atoms with E-state index in [1.165, 1.54) is 32.4 Å². The van der Waals surface area contributed by atoms with Crippen molar-refractivity contribution in [2.75, 3.05) is 7.11 Å². The maximum atomic E-state index is 15.7. The molecule has 2 N–H and O–H groups in total. The number of pyridine rings is 1. The molecule has 0 saturated heterocycles. The van der Waals surface area contributed by atoms with Crippen molar-refractivity contribution in [3.8, 4) is 34.6 Å². The van der Waals surface area contributed by atoms with Crippen LogP contribution in [0.25, 0.3) is 33.5 Å². The molecule has 9 nitrogen and oxygen atoms in total. The number of fused-ring (bicyclic) bond motifs is 1. The molecule has 5 rings (SSSR count). The molecule has 3 aromatic heterocycles. The summed E-state index contributed by atoms with van der Waals surface area (Å²) >= 11 is 0. The van der Waals surface area contributed by atoms with Gasteiger partial charge in [0.15, 0.2) is 21.5 Å². The molecule has 2 aromatic carbocycles. The van der Waals surface area contributed by atoms with Gasteiger partial charge in [0.05, 0.1) is 29.7 Å². The Labute approximate surface area is 213 Å². The van der Waals surface area contributed by atoms with Gasteiger partial charge in [-0.3, -0.25) is 5.10 Å². The molecule has 38 heavy (non-hydrogen) atoms. The summed E-state index contributed by atoms with van der Waals surface area (Å²) < 4.78 is 77.5. The average molecular weight is 539 g/mol. The van der Waals surface area contributed by atoms with Gasteiger partial charge < -0.3 is 9.72 Å². The van der Waals surface area contributed by atoms with Crippen LogP contribution in [0, 0.1) is 35.7 Å². The van der Waals surface area contributed by atoms with Crippen molar-refractivity contribution in [3.63, 3.8) is 0 Å². The SMILES string of the molecule is COc1nc(C)c(C#N)cc1S(=O)(=O)Cc1ccc(F)c(-c2ccc3c(-c4ncc[nH]4)[nH]nc3c2F)c1F. The summed E-state index contributed by atoms with van der Waals surface area (Å²) in [6, 6.07) is 7.37. The van der Waals surface area contributed by atoms with Crippen LogP contribution in [-0.2, 0) is 15.6 Å². The molecule has 0 atom stereocenters. The van der Waals surface area contributed by atoms with Gasteiger partial charge in [-0.1, -0.05) is 12.1 Å². The molecule has 3 heterocycles. The molecule has 0 spiro atoms. The van der Waals surface area contributed by atoms with Crippen LogP contribution in [-0.4, -0.2) is 40.7 Å². The number of hydrogen-bond donors (Lipinski definition) is 2. The molecule has 0 radical (unpaired) electrons. The second-order valence-corrected chi connectivity index (χ2v) is 10.2. The summed E-state index contributed by atoms with van der Waals surface area (Å²) in [7, 11) is -3.13. The number of ether oxygens (including phenoxy) is 1. The monoisotopic (exact) mass is 538 g/mol. The summed E-state index contributed by atoms with van der Waals surface area (Å²) in [5.41, 5.74) is -1.15. The maximum absolute atomic E-state index is 15.7. The molecule has 0 aliphatic heterocycles. The summed E-state index contributed by atoms with van der Waals surface area (Å²) in [5.74, 6) is -4.15. The molecule has 0 unspecified atom stereocenters. The van der Waals surface area contributed by atoms with Crippen molar-refractivity contribution in [2.45, 2.75) is 17.6 Å². The standard InChI is InChI=1S/C25H17F3N6O3S/c1-12-14(10-29)9-18(25(32-12)37-2)38(35,36)11-13-3-6-17(26)19(20(13)27)15-4-5-16-22(21(15)28)33-34-23(16)24-30-7-8-31-24/h3-9H,11H2,1-2H3,(H,30,31)(H,33,34). The number of hydrogen-bond acceptors (Lipinski definition) is 7. The van der Waals surface area contributed by atoms with E-state index in [1.807, 2.05) is 6.07 Å². The Kier molecular flexibility index (Phi) is 6.12. The van der Waals surface area contributed by atoms with Crippen LogP contribution in [0.3, 0.4) is 0 Å². The van der Waals surface area contributed by atoms with Crippen LogP contribution >= 0.6 is 0 Å². The van der Waals surface area contributed by atoms with Crippen LogP contribution in [0.15, 0.2) is 47.6 Å². The molecule has 0 bridgehead atoms. The fraction of sp³-hybridized carbons (Fsp3) is 0.120. The van der Waals surface area contributed by atoms with Gasteiger partial charge in [-0.2, -0.15) is 10.4 Å². The van der Waals surface area contributed by atoms with Gasteiger partial charge in [0, 0.05) is 28.9 Å². The number of H-pyrrole nitrogens is 2. The third-order valence-corrected chi connectivity index (χ3v) is 7.63. The van der Waals surface area contributed by atoms with Crippen molar-refractivity contribution < 1.29 is 26.3 Å². The van der Waals surface area contributed by atoms with Crippen LogP contribution in [0.2, 0.25) is 0 Å². The van der Waals surface area contributed by atoms with Crippen molar-refractivity contribution in [2.24, 2.45) is 0 Å². The lowest BCUT2D eigenvalue weighted by Crippen LogP contribution is -2.11. The van der Waals surface area contributed by atoms with Gasteiger partial charge in [0.1, 0.15) is 33.8 Å².